The van der Waals surface area contributed by atoms with E-state index >= 15 is 0 Å². The highest BCUT2D eigenvalue weighted by molar-refractivity contribution is 7.89. The molecular weight excluding hydrogens is 356 g/mol. The van der Waals surface area contributed by atoms with Crippen molar-refractivity contribution in [1.29, 1.82) is 0 Å². The van der Waals surface area contributed by atoms with Gasteiger partial charge in [0.25, 0.3) is 5.91 Å². The fourth-order valence-electron chi connectivity index (χ4n) is 2.28. The van der Waals surface area contributed by atoms with E-state index in [1.54, 1.807) is 30.5 Å². The first-order valence-electron chi connectivity index (χ1n) is 7.81. The molecule has 0 aliphatic rings. The van der Waals surface area contributed by atoms with Gasteiger partial charge in [-0.3, -0.25) is 4.79 Å². The molecule has 0 atom stereocenters. The molecule has 1 amide bonds. The van der Waals surface area contributed by atoms with Crippen molar-refractivity contribution in [2.45, 2.75) is 11.4 Å². The Hall–Kier alpha value is -2.84. The van der Waals surface area contributed by atoms with Gasteiger partial charge in [0.2, 0.25) is 10.0 Å². The van der Waals surface area contributed by atoms with E-state index in [1.165, 1.54) is 38.4 Å². The third kappa shape index (κ3) is 3.71. The van der Waals surface area contributed by atoms with E-state index in [2.05, 4.69) is 5.32 Å². The standard InChI is InChI=1S/C18H18N2O5S/c1-20(2)26(22,23)15-8-5-13(6-9-15)18(21)19-12-14-7-10-17(25-14)16-4-3-11-24-16/h3-11H,12H2,1-2H3,(H,19,21). The lowest BCUT2D eigenvalue weighted by Crippen LogP contribution is -2.24. The lowest BCUT2D eigenvalue weighted by molar-refractivity contribution is 0.0948. The van der Waals surface area contributed by atoms with E-state index in [4.69, 9.17) is 8.83 Å². The van der Waals surface area contributed by atoms with E-state index in [9.17, 15) is 13.2 Å². The molecule has 0 spiro atoms. The third-order valence-corrected chi connectivity index (χ3v) is 5.57. The number of sulfonamides is 1. The minimum atomic E-state index is -3.52. The number of amides is 1. The summed E-state index contributed by atoms with van der Waals surface area (Å²) in [4.78, 5) is 12.3. The molecule has 0 unspecified atom stereocenters. The van der Waals surface area contributed by atoms with Crippen molar-refractivity contribution in [2.24, 2.45) is 0 Å². The Morgan fingerprint density at radius 2 is 1.77 bits per heavy atom. The van der Waals surface area contributed by atoms with E-state index in [0.29, 0.717) is 22.8 Å². The van der Waals surface area contributed by atoms with E-state index in [1.807, 2.05) is 0 Å². The summed E-state index contributed by atoms with van der Waals surface area (Å²) < 4.78 is 36.0. The van der Waals surface area contributed by atoms with Crippen LogP contribution < -0.4 is 5.32 Å². The molecule has 136 valence electrons. The average molecular weight is 374 g/mol. The predicted molar refractivity (Wildman–Crippen MR) is 94.9 cm³/mol. The zero-order chi connectivity index (χ0) is 18.7. The molecular formula is C18H18N2O5S. The maximum Gasteiger partial charge on any atom is 0.251 e. The highest BCUT2D eigenvalue weighted by Crippen LogP contribution is 2.22. The van der Waals surface area contributed by atoms with Crippen LogP contribution in [0.2, 0.25) is 0 Å². The minimum Gasteiger partial charge on any atom is -0.461 e. The lowest BCUT2D eigenvalue weighted by Gasteiger charge is -2.11. The Kier molecular flexibility index (Phi) is 4.97. The summed E-state index contributed by atoms with van der Waals surface area (Å²) in [5.41, 5.74) is 0.362. The van der Waals surface area contributed by atoms with Crippen molar-refractivity contribution in [3.8, 4) is 11.5 Å². The highest BCUT2D eigenvalue weighted by atomic mass is 32.2. The molecule has 3 aromatic rings. The maximum atomic E-state index is 12.2. The summed E-state index contributed by atoms with van der Waals surface area (Å²) in [7, 11) is -0.606. The Morgan fingerprint density at radius 3 is 2.38 bits per heavy atom. The molecule has 26 heavy (non-hydrogen) atoms. The van der Waals surface area contributed by atoms with Gasteiger partial charge in [0.1, 0.15) is 5.76 Å². The zero-order valence-electron chi connectivity index (χ0n) is 14.3. The summed E-state index contributed by atoms with van der Waals surface area (Å²) in [5, 5.41) is 2.73. The first-order chi connectivity index (χ1) is 12.4. The van der Waals surface area contributed by atoms with Gasteiger partial charge in [0.15, 0.2) is 11.5 Å². The van der Waals surface area contributed by atoms with Gasteiger partial charge in [-0.15, -0.1) is 0 Å². The monoisotopic (exact) mass is 374 g/mol. The van der Waals surface area contributed by atoms with Crippen molar-refractivity contribution in [2.75, 3.05) is 14.1 Å². The number of nitrogens with one attached hydrogen (secondary N) is 1. The second-order valence-corrected chi connectivity index (χ2v) is 7.89. The number of rotatable bonds is 6. The summed E-state index contributed by atoms with van der Waals surface area (Å²) in [6.07, 6.45) is 1.56. The molecule has 2 aromatic heterocycles. The molecule has 1 aromatic carbocycles. The van der Waals surface area contributed by atoms with Crippen LogP contribution in [-0.4, -0.2) is 32.7 Å². The molecule has 0 saturated carbocycles. The topological polar surface area (TPSA) is 92.8 Å². The quantitative estimate of drug-likeness (QED) is 0.716. The van der Waals surface area contributed by atoms with Gasteiger partial charge in [-0.2, -0.15) is 0 Å². The lowest BCUT2D eigenvalue weighted by atomic mass is 10.2. The third-order valence-electron chi connectivity index (χ3n) is 3.74. The van der Waals surface area contributed by atoms with Crippen LogP contribution in [0, 0.1) is 0 Å². The van der Waals surface area contributed by atoms with Crippen molar-refractivity contribution in [3.63, 3.8) is 0 Å². The number of furan rings is 2. The molecule has 0 saturated heterocycles. The van der Waals surface area contributed by atoms with E-state index in [-0.39, 0.29) is 17.3 Å². The first kappa shape index (κ1) is 18.0. The van der Waals surface area contributed by atoms with Gasteiger partial charge in [0, 0.05) is 19.7 Å². The molecule has 1 N–H and O–H groups in total. The van der Waals surface area contributed by atoms with Gasteiger partial charge < -0.3 is 14.2 Å². The summed E-state index contributed by atoms with van der Waals surface area (Å²) in [6.45, 7) is 0.206. The first-order valence-corrected chi connectivity index (χ1v) is 9.25. The summed E-state index contributed by atoms with van der Waals surface area (Å²) in [5.74, 6) is 1.45. The molecule has 7 nitrogen and oxygen atoms in total. The van der Waals surface area contributed by atoms with Crippen LogP contribution in [-0.2, 0) is 16.6 Å². The van der Waals surface area contributed by atoms with Crippen molar-refractivity contribution in [3.05, 3.63) is 66.1 Å². The Morgan fingerprint density at radius 1 is 1.04 bits per heavy atom. The van der Waals surface area contributed by atoms with Gasteiger partial charge in [-0.05, 0) is 48.5 Å². The molecule has 0 fully saturated rings. The van der Waals surface area contributed by atoms with Crippen LogP contribution in [0.15, 0.2) is 68.5 Å². The molecule has 0 radical (unpaired) electrons. The molecule has 0 aliphatic heterocycles. The van der Waals surface area contributed by atoms with Crippen LogP contribution in [0.25, 0.3) is 11.5 Å². The Balaban J connectivity index is 1.64. The van der Waals surface area contributed by atoms with Crippen LogP contribution in [0.5, 0.6) is 0 Å². The number of carbonyl (C=O) groups excluding carboxylic acids is 1. The second kappa shape index (κ2) is 7.19. The number of hydrogen-bond acceptors (Lipinski definition) is 5. The van der Waals surface area contributed by atoms with Gasteiger partial charge in [0.05, 0.1) is 17.7 Å². The number of carbonyl (C=O) groups is 1. The maximum absolute atomic E-state index is 12.2. The fourth-order valence-corrected chi connectivity index (χ4v) is 3.18. The SMILES string of the molecule is CN(C)S(=O)(=O)c1ccc(C(=O)NCc2ccc(-c3ccco3)o2)cc1. The minimum absolute atomic E-state index is 0.133. The van der Waals surface area contributed by atoms with Crippen LogP contribution in [0.1, 0.15) is 16.1 Å². The van der Waals surface area contributed by atoms with Crippen molar-refractivity contribution < 1.29 is 22.0 Å². The summed E-state index contributed by atoms with van der Waals surface area (Å²) in [6, 6.07) is 12.8. The highest BCUT2D eigenvalue weighted by Gasteiger charge is 2.17. The smallest absolute Gasteiger partial charge is 0.251 e. The average Bonchev–Trinajstić information content (AvgIpc) is 3.31. The Labute approximate surface area is 151 Å². The number of benzene rings is 1. The normalized spacial score (nSPS) is 11.7. The van der Waals surface area contributed by atoms with E-state index < -0.39 is 10.0 Å². The molecule has 2 heterocycles. The largest absolute Gasteiger partial charge is 0.461 e. The molecule has 8 heteroatoms. The Bertz CT molecular complexity index is 987. The van der Waals surface area contributed by atoms with Gasteiger partial charge in [-0.25, -0.2) is 12.7 Å². The predicted octanol–water partition coefficient (Wildman–Crippen LogP) is 2.72. The van der Waals surface area contributed by atoms with Gasteiger partial charge >= 0.3 is 0 Å². The van der Waals surface area contributed by atoms with Crippen LogP contribution in [0.4, 0.5) is 0 Å². The second-order valence-electron chi connectivity index (χ2n) is 5.74. The zero-order valence-corrected chi connectivity index (χ0v) is 15.1. The summed E-state index contributed by atoms with van der Waals surface area (Å²) >= 11 is 0. The van der Waals surface area contributed by atoms with Crippen LogP contribution in [0.3, 0.4) is 0 Å². The fraction of sp³-hybridized carbons (Fsp3) is 0.167. The number of hydrogen-bond donors (Lipinski definition) is 1. The molecule has 0 bridgehead atoms. The molecule has 3 rings (SSSR count). The van der Waals surface area contributed by atoms with E-state index in [0.717, 1.165) is 4.31 Å². The van der Waals surface area contributed by atoms with Gasteiger partial charge in [-0.1, -0.05) is 0 Å². The number of nitrogens with zero attached hydrogens (tertiary/aromatic N) is 1. The van der Waals surface area contributed by atoms with Crippen LogP contribution >= 0.6 is 0 Å². The molecule has 0 aliphatic carbocycles. The van der Waals surface area contributed by atoms with Crippen molar-refractivity contribution >= 4 is 15.9 Å². The van der Waals surface area contributed by atoms with Crippen molar-refractivity contribution in [1.82, 2.24) is 9.62 Å².